The number of aryl methyl sites for hydroxylation is 1. The minimum atomic E-state index is -0.817. The Labute approximate surface area is 118 Å². The zero-order chi connectivity index (χ0) is 15.6. The van der Waals surface area contributed by atoms with Crippen LogP contribution in [0.4, 0.5) is 15.8 Å². The molecule has 21 heavy (non-hydrogen) atoms. The van der Waals surface area contributed by atoms with E-state index in [1.807, 2.05) is 0 Å². The van der Waals surface area contributed by atoms with Crippen LogP contribution in [0.1, 0.15) is 0 Å². The molecule has 0 unspecified atom stereocenters. The Morgan fingerprint density at radius 1 is 1.29 bits per heavy atom. The number of nitrogens with zero attached hydrogens (tertiary/aromatic N) is 2. The SMILES string of the molecule is Cn1ccn(CC(=O)Nc2cc(F)ccc2N)c(=O)c1=O. The number of carbonyl (C=O) groups excluding carboxylic acids is 1. The highest BCUT2D eigenvalue weighted by molar-refractivity contribution is 5.93. The number of carbonyl (C=O) groups is 1. The zero-order valence-corrected chi connectivity index (χ0v) is 11.2. The van der Waals surface area contributed by atoms with Crippen molar-refractivity contribution in [1.82, 2.24) is 9.13 Å². The number of rotatable bonds is 3. The normalized spacial score (nSPS) is 10.4. The van der Waals surface area contributed by atoms with Gasteiger partial charge >= 0.3 is 11.1 Å². The number of aromatic nitrogens is 2. The van der Waals surface area contributed by atoms with Crippen molar-refractivity contribution in [3.8, 4) is 0 Å². The van der Waals surface area contributed by atoms with Gasteiger partial charge in [-0.15, -0.1) is 0 Å². The lowest BCUT2D eigenvalue weighted by Crippen LogP contribution is -2.41. The molecule has 7 nitrogen and oxygen atoms in total. The third-order valence-corrected chi connectivity index (χ3v) is 2.84. The molecule has 0 radical (unpaired) electrons. The average molecular weight is 292 g/mol. The van der Waals surface area contributed by atoms with Gasteiger partial charge < -0.3 is 15.6 Å². The Morgan fingerprint density at radius 3 is 2.71 bits per heavy atom. The first-order chi connectivity index (χ1) is 9.88. The van der Waals surface area contributed by atoms with Gasteiger partial charge in [0.15, 0.2) is 0 Å². The van der Waals surface area contributed by atoms with Gasteiger partial charge in [-0.2, -0.15) is 0 Å². The maximum atomic E-state index is 13.1. The molecule has 2 rings (SSSR count). The molecule has 2 aromatic rings. The van der Waals surface area contributed by atoms with Crippen LogP contribution in [-0.4, -0.2) is 15.0 Å². The standard InChI is InChI=1S/C13H13FN4O3/c1-17-4-5-18(13(21)12(17)20)7-11(19)16-10-6-8(14)2-3-9(10)15/h2-6H,7,15H2,1H3,(H,16,19). The van der Waals surface area contributed by atoms with E-state index in [0.29, 0.717) is 0 Å². The predicted octanol–water partition coefficient (Wildman–Crippen LogP) is -0.0930. The summed E-state index contributed by atoms with van der Waals surface area (Å²) in [6, 6.07) is 3.55. The second kappa shape index (κ2) is 5.61. The number of nitrogens with two attached hydrogens (primary N) is 1. The number of hydrogen-bond acceptors (Lipinski definition) is 4. The number of anilines is 2. The van der Waals surface area contributed by atoms with Crippen LogP contribution in [0.25, 0.3) is 0 Å². The van der Waals surface area contributed by atoms with Gasteiger partial charge in [-0.05, 0) is 18.2 Å². The van der Waals surface area contributed by atoms with Gasteiger partial charge in [0, 0.05) is 19.4 Å². The molecular weight excluding hydrogens is 279 g/mol. The van der Waals surface area contributed by atoms with Crippen molar-refractivity contribution in [2.75, 3.05) is 11.1 Å². The fourth-order valence-electron chi connectivity index (χ4n) is 1.70. The Morgan fingerprint density at radius 2 is 2.00 bits per heavy atom. The minimum absolute atomic E-state index is 0.108. The molecular formula is C13H13FN4O3. The van der Waals surface area contributed by atoms with Crippen molar-refractivity contribution in [3.05, 3.63) is 57.1 Å². The molecule has 1 aromatic heterocycles. The van der Waals surface area contributed by atoms with Crippen LogP contribution in [0.5, 0.6) is 0 Å². The van der Waals surface area contributed by atoms with E-state index in [1.165, 1.54) is 25.5 Å². The van der Waals surface area contributed by atoms with Gasteiger partial charge in [-0.1, -0.05) is 0 Å². The molecule has 110 valence electrons. The van der Waals surface area contributed by atoms with E-state index in [0.717, 1.165) is 21.3 Å². The van der Waals surface area contributed by atoms with Crippen LogP contribution in [0.15, 0.2) is 40.2 Å². The molecule has 1 heterocycles. The summed E-state index contributed by atoms with van der Waals surface area (Å²) < 4.78 is 15.2. The van der Waals surface area contributed by atoms with E-state index < -0.39 is 22.8 Å². The number of benzene rings is 1. The number of halogens is 1. The van der Waals surface area contributed by atoms with Crippen molar-refractivity contribution in [2.45, 2.75) is 6.54 Å². The first-order valence-corrected chi connectivity index (χ1v) is 5.99. The van der Waals surface area contributed by atoms with Crippen LogP contribution in [0, 0.1) is 5.82 Å². The number of nitrogens with one attached hydrogen (secondary N) is 1. The third-order valence-electron chi connectivity index (χ3n) is 2.84. The molecule has 1 amide bonds. The summed E-state index contributed by atoms with van der Waals surface area (Å²) >= 11 is 0. The topological polar surface area (TPSA) is 99.1 Å². The second-order valence-electron chi connectivity index (χ2n) is 4.43. The average Bonchev–Trinajstić information content (AvgIpc) is 2.43. The third kappa shape index (κ3) is 3.16. The number of amides is 1. The van der Waals surface area contributed by atoms with Gasteiger partial charge in [0.2, 0.25) is 5.91 Å². The molecule has 0 atom stereocenters. The van der Waals surface area contributed by atoms with Crippen LogP contribution in [-0.2, 0) is 18.4 Å². The van der Waals surface area contributed by atoms with Crippen molar-refractivity contribution in [3.63, 3.8) is 0 Å². The minimum Gasteiger partial charge on any atom is -0.397 e. The maximum Gasteiger partial charge on any atom is 0.316 e. The molecule has 0 aliphatic carbocycles. The maximum absolute atomic E-state index is 13.1. The van der Waals surface area contributed by atoms with Crippen LogP contribution < -0.4 is 22.2 Å². The Bertz CT molecular complexity index is 810. The summed E-state index contributed by atoms with van der Waals surface area (Å²) in [5, 5.41) is 2.39. The monoisotopic (exact) mass is 292 g/mol. The fourth-order valence-corrected chi connectivity index (χ4v) is 1.70. The lowest BCUT2D eigenvalue weighted by Gasteiger charge is -2.09. The van der Waals surface area contributed by atoms with Crippen LogP contribution in [0.3, 0.4) is 0 Å². The van der Waals surface area contributed by atoms with Gasteiger partial charge in [-0.25, -0.2) is 4.39 Å². The first kappa shape index (κ1) is 14.5. The van der Waals surface area contributed by atoms with Crippen molar-refractivity contribution >= 4 is 17.3 Å². The molecule has 0 aliphatic rings. The summed E-state index contributed by atoms with van der Waals surface area (Å²) in [7, 11) is 1.43. The van der Waals surface area contributed by atoms with Crippen molar-refractivity contribution in [2.24, 2.45) is 7.05 Å². The Kier molecular flexibility index (Phi) is 3.88. The van der Waals surface area contributed by atoms with E-state index in [1.54, 1.807) is 0 Å². The predicted molar refractivity (Wildman–Crippen MR) is 75.4 cm³/mol. The number of hydrogen-bond donors (Lipinski definition) is 2. The van der Waals surface area contributed by atoms with E-state index in [2.05, 4.69) is 5.32 Å². The van der Waals surface area contributed by atoms with Crippen LogP contribution in [0.2, 0.25) is 0 Å². The quantitative estimate of drug-likeness (QED) is 0.610. The lowest BCUT2D eigenvalue weighted by molar-refractivity contribution is -0.116. The van der Waals surface area contributed by atoms with Gasteiger partial charge in [0.1, 0.15) is 12.4 Å². The van der Waals surface area contributed by atoms with E-state index >= 15 is 0 Å². The zero-order valence-electron chi connectivity index (χ0n) is 11.2. The van der Waals surface area contributed by atoms with Crippen molar-refractivity contribution in [1.29, 1.82) is 0 Å². The summed E-state index contributed by atoms with van der Waals surface area (Å²) in [4.78, 5) is 35.0. The van der Waals surface area contributed by atoms with E-state index in [4.69, 9.17) is 5.73 Å². The molecule has 0 saturated carbocycles. The Hall–Kier alpha value is -2.90. The summed E-state index contributed by atoms with van der Waals surface area (Å²) in [6.07, 6.45) is 2.69. The molecule has 1 aromatic carbocycles. The summed E-state index contributed by atoms with van der Waals surface area (Å²) in [6.45, 7) is -0.370. The smallest absolute Gasteiger partial charge is 0.316 e. The molecule has 0 bridgehead atoms. The Balaban J connectivity index is 2.20. The van der Waals surface area contributed by atoms with E-state index in [-0.39, 0.29) is 17.9 Å². The lowest BCUT2D eigenvalue weighted by atomic mass is 10.2. The molecule has 0 spiro atoms. The summed E-state index contributed by atoms with van der Waals surface area (Å²) in [5.41, 5.74) is 4.35. The van der Waals surface area contributed by atoms with Crippen molar-refractivity contribution < 1.29 is 9.18 Å². The largest absolute Gasteiger partial charge is 0.397 e. The summed E-state index contributed by atoms with van der Waals surface area (Å²) in [5.74, 6) is -1.15. The fraction of sp³-hybridized carbons (Fsp3) is 0.154. The molecule has 8 heteroatoms. The highest BCUT2D eigenvalue weighted by Crippen LogP contribution is 2.18. The highest BCUT2D eigenvalue weighted by Gasteiger charge is 2.10. The van der Waals surface area contributed by atoms with Crippen LogP contribution >= 0.6 is 0 Å². The second-order valence-corrected chi connectivity index (χ2v) is 4.43. The molecule has 3 N–H and O–H groups in total. The molecule has 0 aliphatic heterocycles. The van der Waals surface area contributed by atoms with Gasteiger partial charge in [-0.3, -0.25) is 19.0 Å². The molecule has 0 saturated heterocycles. The first-order valence-electron chi connectivity index (χ1n) is 5.99. The van der Waals surface area contributed by atoms with Gasteiger partial charge in [0.25, 0.3) is 0 Å². The van der Waals surface area contributed by atoms with Gasteiger partial charge in [0.05, 0.1) is 11.4 Å². The highest BCUT2D eigenvalue weighted by atomic mass is 19.1. The molecule has 0 fully saturated rings. The van der Waals surface area contributed by atoms with E-state index in [9.17, 15) is 18.8 Å². The number of nitrogen functional groups attached to an aromatic ring is 1.